The Kier molecular flexibility index (Phi) is 3.72. The molecule has 0 N–H and O–H groups in total. The molecule has 0 aliphatic rings. The maximum Gasteiger partial charge on any atom is 0.226 e. The standard InChI is InChI=1S/C9H14N6OS/c1-6(2)4-8-10-7(12-16-8)5-17-9-11-13-14-15(9)3/h6H,4-5H2,1-3H3. The van der Waals surface area contributed by atoms with E-state index in [1.54, 1.807) is 11.7 Å². The molecule has 0 saturated carbocycles. The van der Waals surface area contributed by atoms with Crippen molar-refractivity contribution in [1.29, 1.82) is 0 Å². The van der Waals surface area contributed by atoms with Gasteiger partial charge in [0.2, 0.25) is 11.0 Å². The summed E-state index contributed by atoms with van der Waals surface area (Å²) in [7, 11) is 1.79. The summed E-state index contributed by atoms with van der Waals surface area (Å²) in [5.74, 6) is 2.48. The largest absolute Gasteiger partial charge is 0.339 e. The summed E-state index contributed by atoms with van der Waals surface area (Å²) in [5, 5.41) is 15.8. The van der Waals surface area contributed by atoms with Crippen molar-refractivity contribution in [1.82, 2.24) is 30.3 Å². The van der Waals surface area contributed by atoms with Gasteiger partial charge in [-0.1, -0.05) is 30.8 Å². The molecule has 2 rings (SSSR count). The van der Waals surface area contributed by atoms with Gasteiger partial charge in [-0.2, -0.15) is 4.98 Å². The first-order valence-corrected chi connectivity index (χ1v) is 6.30. The highest BCUT2D eigenvalue weighted by Gasteiger charge is 2.10. The van der Waals surface area contributed by atoms with Gasteiger partial charge in [0.1, 0.15) is 0 Å². The average Bonchev–Trinajstić information content (AvgIpc) is 2.84. The molecule has 92 valence electrons. The van der Waals surface area contributed by atoms with Crippen molar-refractivity contribution in [2.75, 3.05) is 0 Å². The van der Waals surface area contributed by atoms with E-state index in [0.717, 1.165) is 11.6 Å². The Morgan fingerprint density at radius 1 is 1.41 bits per heavy atom. The van der Waals surface area contributed by atoms with E-state index >= 15 is 0 Å². The van der Waals surface area contributed by atoms with E-state index in [0.29, 0.717) is 23.4 Å². The van der Waals surface area contributed by atoms with E-state index in [2.05, 4.69) is 39.5 Å². The zero-order chi connectivity index (χ0) is 12.3. The van der Waals surface area contributed by atoms with Crippen LogP contribution in [0.1, 0.15) is 25.6 Å². The summed E-state index contributed by atoms with van der Waals surface area (Å²) in [6.07, 6.45) is 0.809. The second kappa shape index (κ2) is 5.26. The predicted molar refractivity (Wildman–Crippen MR) is 61.2 cm³/mol. The van der Waals surface area contributed by atoms with Crippen molar-refractivity contribution in [2.24, 2.45) is 13.0 Å². The van der Waals surface area contributed by atoms with E-state index < -0.39 is 0 Å². The third-order valence-corrected chi connectivity index (χ3v) is 3.01. The number of hydrogen-bond acceptors (Lipinski definition) is 7. The smallest absolute Gasteiger partial charge is 0.226 e. The Bertz CT molecular complexity index is 479. The van der Waals surface area contributed by atoms with Gasteiger partial charge in [0.05, 0.1) is 5.75 Å². The summed E-state index contributed by atoms with van der Waals surface area (Å²) in [4.78, 5) is 4.30. The van der Waals surface area contributed by atoms with Gasteiger partial charge < -0.3 is 4.52 Å². The zero-order valence-corrected chi connectivity index (χ0v) is 10.8. The molecule has 0 aliphatic heterocycles. The monoisotopic (exact) mass is 254 g/mol. The Balaban J connectivity index is 1.91. The maximum absolute atomic E-state index is 5.14. The van der Waals surface area contributed by atoms with Crippen LogP contribution in [-0.2, 0) is 19.2 Å². The number of aryl methyl sites for hydroxylation is 1. The maximum atomic E-state index is 5.14. The van der Waals surface area contributed by atoms with Crippen LogP contribution in [0.5, 0.6) is 0 Å². The van der Waals surface area contributed by atoms with Crippen LogP contribution >= 0.6 is 11.8 Å². The fourth-order valence-corrected chi connectivity index (χ4v) is 1.95. The molecule has 17 heavy (non-hydrogen) atoms. The minimum atomic E-state index is 0.513. The van der Waals surface area contributed by atoms with Gasteiger partial charge in [-0.15, -0.1) is 5.10 Å². The summed E-state index contributed by atoms with van der Waals surface area (Å²) in [6, 6.07) is 0. The molecule has 0 atom stereocenters. The lowest BCUT2D eigenvalue weighted by Gasteiger charge is -1.96. The van der Waals surface area contributed by atoms with Gasteiger partial charge >= 0.3 is 0 Å². The van der Waals surface area contributed by atoms with Gasteiger partial charge in [-0.3, -0.25) is 0 Å². The molecule has 0 aliphatic carbocycles. The van der Waals surface area contributed by atoms with E-state index in [1.807, 2.05) is 0 Å². The van der Waals surface area contributed by atoms with Crippen LogP contribution in [-0.4, -0.2) is 30.3 Å². The van der Waals surface area contributed by atoms with Gasteiger partial charge in [0.25, 0.3) is 0 Å². The molecule has 0 radical (unpaired) electrons. The molecule has 0 unspecified atom stereocenters. The van der Waals surface area contributed by atoms with E-state index in [4.69, 9.17) is 4.52 Å². The minimum absolute atomic E-state index is 0.513. The Labute approximate surface area is 103 Å². The van der Waals surface area contributed by atoms with Gasteiger partial charge in [-0.25, -0.2) is 4.68 Å². The van der Waals surface area contributed by atoms with Crippen LogP contribution in [0, 0.1) is 5.92 Å². The minimum Gasteiger partial charge on any atom is -0.339 e. The van der Waals surface area contributed by atoms with Crippen molar-refractivity contribution in [2.45, 2.75) is 31.2 Å². The molecule has 0 amide bonds. The van der Waals surface area contributed by atoms with Crippen molar-refractivity contribution in [3.05, 3.63) is 11.7 Å². The highest BCUT2D eigenvalue weighted by molar-refractivity contribution is 7.98. The van der Waals surface area contributed by atoms with Crippen LogP contribution in [0.2, 0.25) is 0 Å². The molecule has 0 fully saturated rings. The lowest BCUT2D eigenvalue weighted by Crippen LogP contribution is -1.95. The fraction of sp³-hybridized carbons (Fsp3) is 0.667. The van der Waals surface area contributed by atoms with Crippen molar-refractivity contribution in [3.63, 3.8) is 0 Å². The fourth-order valence-electron chi connectivity index (χ4n) is 1.25. The number of nitrogens with zero attached hydrogens (tertiary/aromatic N) is 6. The second-order valence-corrected chi connectivity index (χ2v) is 5.02. The topological polar surface area (TPSA) is 82.5 Å². The van der Waals surface area contributed by atoms with E-state index in [9.17, 15) is 0 Å². The molecule has 8 heteroatoms. The molecule has 7 nitrogen and oxygen atoms in total. The number of aromatic nitrogens is 6. The third-order valence-electron chi connectivity index (χ3n) is 2.00. The Morgan fingerprint density at radius 2 is 2.24 bits per heavy atom. The molecular weight excluding hydrogens is 240 g/mol. The molecule has 0 aromatic carbocycles. The summed E-state index contributed by atoms with van der Waals surface area (Å²) < 4.78 is 6.75. The van der Waals surface area contributed by atoms with Gasteiger partial charge in [-0.05, 0) is 16.3 Å². The van der Waals surface area contributed by atoms with Crippen LogP contribution in [0.15, 0.2) is 9.68 Å². The zero-order valence-electron chi connectivity index (χ0n) is 9.99. The summed E-state index contributed by atoms with van der Waals surface area (Å²) in [5.41, 5.74) is 0. The lowest BCUT2D eigenvalue weighted by molar-refractivity contribution is 0.360. The highest BCUT2D eigenvalue weighted by atomic mass is 32.2. The van der Waals surface area contributed by atoms with Crippen molar-refractivity contribution < 1.29 is 4.52 Å². The van der Waals surface area contributed by atoms with Gasteiger partial charge in [0, 0.05) is 13.5 Å². The predicted octanol–water partition coefficient (Wildman–Crippen LogP) is 1.08. The Hall–Kier alpha value is -1.44. The number of thioether (sulfide) groups is 1. The molecule has 0 saturated heterocycles. The first-order chi connectivity index (χ1) is 8.15. The quantitative estimate of drug-likeness (QED) is 0.738. The van der Waals surface area contributed by atoms with E-state index in [-0.39, 0.29) is 0 Å². The van der Waals surface area contributed by atoms with Gasteiger partial charge in [0.15, 0.2) is 5.82 Å². The summed E-state index contributed by atoms with van der Waals surface area (Å²) in [6.45, 7) is 4.23. The Morgan fingerprint density at radius 3 is 2.88 bits per heavy atom. The van der Waals surface area contributed by atoms with Crippen LogP contribution in [0.25, 0.3) is 0 Å². The molecule has 0 spiro atoms. The first-order valence-electron chi connectivity index (χ1n) is 5.31. The second-order valence-electron chi connectivity index (χ2n) is 4.08. The van der Waals surface area contributed by atoms with Crippen LogP contribution in [0.3, 0.4) is 0 Å². The number of hydrogen-bond donors (Lipinski definition) is 0. The molecular formula is C9H14N6OS. The summed E-state index contributed by atoms with van der Waals surface area (Å²) >= 11 is 1.48. The van der Waals surface area contributed by atoms with Crippen LogP contribution in [0.4, 0.5) is 0 Å². The molecule has 2 heterocycles. The van der Waals surface area contributed by atoms with Crippen molar-refractivity contribution in [3.8, 4) is 0 Å². The number of tetrazole rings is 1. The lowest BCUT2D eigenvalue weighted by atomic mass is 10.1. The molecule has 2 aromatic heterocycles. The van der Waals surface area contributed by atoms with Crippen molar-refractivity contribution >= 4 is 11.8 Å². The SMILES string of the molecule is CC(C)Cc1nc(CSc2nnnn2C)no1. The average molecular weight is 254 g/mol. The van der Waals surface area contributed by atoms with Crippen LogP contribution < -0.4 is 0 Å². The van der Waals surface area contributed by atoms with E-state index in [1.165, 1.54) is 11.8 Å². The first kappa shape index (κ1) is 12.0. The molecule has 2 aromatic rings. The normalized spacial score (nSPS) is 11.3. The number of rotatable bonds is 5. The molecule has 0 bridgehead atoms. The third kappa shape index (κ3) is 3.26. The highest BCUT2D eigenvalue weighted by Crippen LogP contribution is 2.17.